The lowest BCUT2D eigenvalue weighted by atomic mass is 9.76. The van der Waals surface area contributed by atoms with E-state index in [-0.39, 0.29) is 28.9 Å². The van der Waals surface area contributed by atoms with Gasteiger partial charge in [-0.3, -0.25) is 9.59 Å². The van der Waals surface area contributed by atoms with Gasteiger partial charge in [0.25, 0.3) is 5.56 Å². The van der Waals surface area contributed by atoms with Crippen LogP contribution < -0.4 is 10.5 Å². The van der Waals surface area contributed by atoms with Crippen LogP contribution in [0.4, 0.5) is 5.69 Å². The first-order valence-electron chi connectivity index (χ1n) is 7.90. The highest BCUT2D eigenvalue weighted by atomic mass is 16.1. The minimum absolute atomic E-state index is 0.00158. The van der Waals surface area contributed by atoms with Gasteiger partial charge in [-0.05, 0) is 25.0 Å². The first-order chi connectivity index (χ1) is 11.5. The molecule has 0 unspecified atom stereocenters. The zero-order valence-corrected chi connectivity index (χ0v) is 13.8. The smallest absolute Gasteiger partial charge is 0.270 e. The van der Waals surface area contributed by atoms with E-state index in [2.05, 4.69) is 12.6 Å². The molecular formula is C19H19N3O2. The standard InChI is InChI=1S/C19H19N3O2/c1-4-17(23)12-9-13(10-12)21(2)18-14-7-5-6-8-16(14)22(3)19(24)15(18)11-20/h4-8,12-13H,1,9-10H2,2-3H3. The van der Waals surface area contributed by atoms with E-state index in [0.717, 1.165) is 23.7 Å². The molecule has 1 aromatic carbocycles. The number of carbonyl (C=O) groups excluding carboxylic acids is 1. The quantitative estimate of drug-likeness (QED) is 0.811. The van der Waals surface area contributed by atoms with Gasteiger partial charge >= 0.3 is 0 Å². The van der Waals surface area contributed by atoms with E-state index < -0.39 is 0 Å². The van der Waals surface area contributed by atoms with Crippen molar-refractivity contribution in [3.05, 3.63) is 52.8 Å². The largest absolute Gasteiger partial charge is 0.370 e. The van der Waals surface area contributed by atoms with Crippen LogP contribution in [-0.4, -0.2) is 23.4 Å². The predicted molar refractivity (Wildman–Crippen MR) is 94.0 cm³/mol. The average molecular weight is 321 g/mol. The lowest BCUT2D eigenvalue weighted by molar-refractivity contribution is -0.120. The maximum absolute atomic E-state index is 12.5. The van der Waals surface area contributed by atoms with E-state index in [9.17, 15) is 14.9 Å². The Morgan fingerprint density at radius 3 is 2.71 bits per heavy atom. The Morgan fingerprint density at radius 2 is 2.08 bits per heavy atom. The highest BCUT2D eigenvalue weighted by Gasteiger charge is 2.37. The van der Waals surface area contributed by atoms with Crippen LogP contribution in [0.3, 0.4) is 0 Å². The second kappa shape index (κ2) is 5.97. The number of para-hydroxylation sites is 1. The van der Waals surface area contributed by atoms with Crippen LogP contribution in [0.2, 0.25) is 0 Å². The first-order valence-corrected chi connectivity index (χ1v) is 7.90. The molecule has 1 aliphatic rings. The van der Waals surface area contributed by atoms with E-state index in [1.54, 1.807) is 7.05 Å². The number of aryl methyl sites for hydroxylation is 1. The first kappa shape index (κ1) is 16.0. The van der Waals surface area contributed by atoms with Crippen LogP contribution >= 0.6 is 0 Å². The summed E-state index contributed by atoms with van der Waals surface area (Å²) in [5.74, 6) is 0.0623. The van der Waals surface area contributed by atoms with Gasteiger partial charge < -0.3 is 9.47 Å². The Kier molecular flexibility index (Phi) is 3.98. The number of aromatic nitrogens is 1. The monoisotopic (exact) mass is 321 g/mol. The average Bonchev–Trinajstić information content (AvgIpc) is 2.56. The highest BCUT2D eigenvalue weighted by Crippen LogP contribution is 2.37. The molecule has 0 atom stereocenters. The molecule has 0 radical (unpaired) electrons. The molecule has 1 aromatic heterocycles. The number of anilines is 1. The molecule has 0 spiro atoms. The summed E-state index contributed by atoms with van der Waals surface area (Å²) in [6.07, 6.45) is 2.81. The molecule has 1 saturated carbocycles. The summed E-state index contributed by atoms with van der Waals surface area (Å²) in [6.45, 7) is 3.53. The van der Waals surface area contributed by atoms with Crippen LogP contribution in [0.1, 0.15) is 18.4 Å². The zero-order chi connectivity index (χ0) is 17.4. The zero-order valence-electron chi connectivity index (χ0n) is 13.8. The Bertz CT molecular complexity index is 930. The molecule has 3 rings (SSSR count). The van der Waals surface area contributed by atoms with Crippen molar-refractivity contribution in [1.82, 2.24) is 4.57 Å². The van der Waals surface area contributed by atoms with Gasteiger partial charge in [0.15, 0.2) is 5.78 Å². The highest BCUT2D eigenvalue weighted by molar-refractivity contribution is 5.95. The topological polar surface area (TPSA) is 66.1 Å². The van der Waals surface area contributed by atoms with Crippen LogP contribution in [0.25, 0.3) is 10.9 Å². The summed E-state index contributed by atoms with van der Waals surface area (Å²) in [7, 11) is 3.57. The van der Waals surface area contributed by atoms with E-state index in [0.29, 0.717) is 5.69 Å². The molecule has 5 nitrogen and oxygen atoms in total. The van der Waals surface area contributed by atoms with Crippen molar-refractivity contribution in [2.24, 2.45) is 13.0 Å². The van der Waals surface area contributed by atoms with Crippen molar-refractivity contribution in [2.75, 3.05) is 11.9 Å². The fraction of sp³-hybridized carbons (Fsp3) is 0.316. The van der Waals surface area contributed by atoms with Crippen molar-refractivity contribution in [2.45, 2.75) is 18.9 Å². The van der Waals surface area contributed by atoms with Gasteiger partial charge in [-0.25, -0.2) is 0 Å². The van der Waals surface area contributed by atoms with E-state index in [1.807, 2.05) is 36.2 Å². The van der Waals surface area contributed by atoms with Crippen LogP contribution in [-0.2, 0) is 11.8 Å². The fourth-order valence-corrected chi connectivity index (χ4v) is 3.43. The molecule has 0 N–H and O–H groups in total. The molecule has 1 aliphatic carbocycles. The number of allylic oxidation sites excluding steroid dienone is 1. The summed E-state index contributed by atoms with van der Waals surface area (Å²) in [4.78, 5) is 26.2. The molecule has 122 valence electrons. The third-order valence-electron chi connectivity index (χ3n) is 5.00. The molecule has 0 bridgehead atoms. The molecule has 0 aliphatic heterocycles. The lowest BCUT2D eigenvalue weighted by Crippen LogP contribution is -2.46. The number of nitriles is 1. The Hall–Kier alpha value is -2.87. The number of rotatable bonds is 4. The van der Waals surface area contributed by atoms with Crippen molar-refractivity contribution in [1.29, 1.82) is 5.26 Å². The SMILES string of the molecule is C=CC(=O)C1CC(N(C)c2c(C#N)c(=O)n(C)c3ccccc23)C1. The number of hydrogen-bond acceptors (Lipinski definition) is 4. The maximum Gasteiger partial charge on any atom is 0.270 e. The number of ketones is 1. The normalized spacial score (nSPS) is 19.4. The van der Waals surface area contributed by atoms with Gasteiger partial charge in [0.2, 0.25) is 0 Å². The van der Waals surface area contributed by atoms with E-state index >= 15 is 0 Å². The van der Waals surface area contributed by atoms with Gasteiger partial charge in [0.05, 0.1) is 11.2 Å². The van der Waals surface area contributed by atoms with E-state index in [4.69, 9.17) is 0 Å². The Balaban J connectivity index is 2.08. The summed E-state index contributed by atoms with van der Waals surface area (Å²) in [6, 6.07) is 9.78. The van der Waals surface area contributed by atoms with Crippen molar-refractivity contribution < 1.29 is 4.79 Å². The molecule has 5 heteroatoms. The molecule has 24 heavy (non-hydrogen) atoms. The summed E-state index contributed by atoms with van der Waals surface area (Å²) in [5.41, 5.74) is 1.31. The molecule has 2 aromatic rings. The second-order valence-electron chi connectivity index (χ2n) is 6.26. The molecule has 1 heterocycles. The third kappa shape index (κ3) is 2.31. The number of fused-ring (bicyclic) bond motifs is 1. The number of benzene rings is 1. The minimum atomic E-state index is -0.295. The number of carbonyl (C=O) groups is 1. The van der Waals surface area contributed by atoms with Gasteiger partial charge in [-0.1, -0.05) is 24.8 Å². The predicted octanol–water partition coefficient (Wildman–Crippen LogP) is 2.38. The Labute approximate surface area is 140 Å². The fourth-order valence-electron chi connectivity index (χ4n) is 3.43. The minimum Gasteiger partial charge on any atom is -0.370 e. The Morgan fingerprint density at radius 1 is 1.42 bits per heavy atom. The van der Waals surface area contributed by atoms with Crippen LogP contribution in [0, 0.1) is 17.2 Å². The summed E-state index contributed by atoms with van der Waals surface area (Å²) in [5, 5.41) is 10.4. The number of pyridine rings is 1. The van der Waals surface area contributed by atoms with E-state index in [1.165, 1.54) is 10.6 Å². The molecule has 0 amide bonds. The molecular weight excluding hydrogens is 302 g/mol. The van der Waals surface area contributed by atoms with Gasteiger partial charge in [0, 0.05) is 31.4 Å². The van der Waals surface area contributed by atoms with Crippen LogP contribution in [0.15, 0.2) is 41.7 Å². The number of nitrogens with zero attached hydrogens (tertiary/aromatic N) is 3. The maximum atomic E-state index is 12.5. The third-order valence-corrected chi connectivity index (χ3v) is 5.00. The lowest BCUT2D eigenvalue weighted by Gasteiger charge is -2.41. The summed E-state index contributed by atoms with van der Waals surface area (Å²) < 4.78 is 1.51. The second-order valence-corrected chi connectivity index (χ2v) is 6.26. The van der Waals surface area contributed by atoms with Gasteiger partial charge in [0.1, 0.15) is 11.6 Å². The van der Waals surface area contributed by atoms with Gasteiger partial charge in [-0.2, -0.15) is 5.26 Å². The molecule has 0 saturated heterocycles. The number of hydrogen-bond donors (Lipinski definition) is 0. The van der Waals surface area contributed by atoms with Crippen molar-refractivity contribution >= 4 is 22.4 Å². The van der Waals surface area contributed by atoms with Crippen molar-refractivity contribution in [3.8, 4) is 6.07 Å². The summed E-state index contributed by atoms with van der Waals surface area (Å²) >= 11 is 0. The van der Waals surface area contributed by atoms with Crippen LogP contribution in [0.5, 0.6) is 0 Å². The molecule has 1 fully saturated rings. The van der Waals surface area contributed by atoms with Crippen molar-refractivity contribution in [3.63, 3.8) is 0 Å². The van der Waals surface area contributed by atoms with Gasteiger partial charge in [-0.15, -0.1) is 0 Å².